The maximum absolute atomic E-state index is 6.44. The molecule has 4 rings (SSSR count). The molecular formula is C17H13ClN6. The molecule has 0 atom stereocenters. The average molecular weight is 337 g/mol. The Bertz CT molecular complexity index is 973. The molecule has 0 unspecified atom stereocenters. The van der Waals surface area contributed by atoms with E-state index in [0.717, 1.165) is 28.2 Å². The first kappa shape index (κ1) is 14.6. The summed E-state index contributed by atoms with van der Waals surface area (Å²) < 4.78 is 2.03. The molecular weight excluding hydrogens is 324 g/mol. The predicted octanol–water partition coefficient (Wildman–Crippen LogP) is 3.68. The molecule has 0 aliphatic carbocycles. The molecule has 7 heteroatoms. The molecule has 2 heterocycles. The monoisotopic (exact) mass is 336 g/mol. The number of hydrogen-bond donors (Lipinski definition) is 1. The Balaban J connectivity index is 1.68. The van der Waals surface area contributed by atoms with Crippen LogP contribution in [0.5, 0.6) is 0 Å². The van der Waals surface area contributed by atoms with Crippen molar-refractivity contribution in [1.82, 2.24) is 30.2 Å². The molecule has 24 heavy (non-hydrogen) atoms. The number of nitrogens with one attached hydrogen (secondary N) is 1. The van der Waals surface area contributed by atoms with Crippen molar-refractivity contribution in [3.8, 4) is 28.2 Å². The second kappa shape index (κ2) is 5.90. The lowest BCUT2D eigenvalue weighted by molar-refractivity contribution is 0.881. The number of benzene rings is 2. The van der Waals surface area contributed by atoms with E-state index in [1.165, 1.54) is 0 Å². The van der Waals surface area contributed by atoms with Gasteiger partial charge in [0.05, 0.1) is 0 Å². The van der Waals surface area contributed by atoms with E-state index in [4.69, 9.17) is 11.6 Å². The summed E-state index contributed by atoms with van der Waals surface area (Å²) in [6.07, 6.45) is 3.73. The Labute approximate surface area is 143 Å². The maximum atomic E-state index is 6.44. The largest absolute Gasteiger partial charge is 0.304 e. The van der Waals surface area contributed by atoms with Crippen LogP contribution in [0, 0.1) is 6.92 Å². The van der Waals surface area contributed by atoms with Crippen molar-refractivity contribution in [3.05, 3.63) is 65.7 Å². The summed E-state index contributed by atoms with van der Waals surface area (Å²) in [6.45, 7) is 1.97. The van der Waals surface area contributed by atoms with Crippen LogP contribution in [0.25, 0.3) is 28.2 Å². The van der Waals surface area contributed by atoms with Gasteiger partial charge in [-0.05, 0) is 35.9 Å². The van der Waals surface area contributed by atoms with Gasteiger partial charge in [0.1, 0.15) is 5.82 Å². The fraction of sp³-hybridized carbons (Fsp3) is 0.0588. The molecule has 0 aliphatic heterocycles. The Morgan fingerprint density at radius 2 is 1.83 bits per heavy atom. The number of nitrogens with zero attached hydrogens (tertiary/aromatic N) is 5. The van der Waals surface area contributed by atoms with Crippen molar-refractivity contribution in [2.45, 2.75) is 6.92 Å². The van der Waals surface area contributed by atoms with E-state index in [2.05, 4.69) is 25.6 Å². The Hall–Kier alpha value is -2.99. The molecule has 6 nitrogen and oxygen atoms in total. The summed E-state index contributed by atoms with van der Waals surface area (Å²) in [4.78, 5) is 4.24. The topological polar surface area (TPSA) is 72.3 Å². The second-order valence-electron chi connectivity index (χ2n) is 5.32. The zero-order valence-corrected chi connectivity index (χ0v) is 13.6. The van der Waals surface area contributed by atoms with Crippen molar-refractivity contribution in [2.24, 2.45) is 0 Å². The van der Waals surface area contributed by atoms with Gasteiger partial charge in [-0.3, -0.25) is 0 Å². The minimum absolute atomic E-state index is 0.523. The number of aromatic nitrogens is 6. The number of tetrazole rings is 1. The maximum Gasteiger partial charge on any atom is 0.204 e. The van der Waals surface area contributed by atoms with Crippen molar-refractivity contribution in [1.29, 1.82) is 0 Å². The highest BCUT2D eigenvalue weighted by Gasteiger charge is 2.09. The minimum Gasteiger partial charge on any atom is -0.304 e. The zero-order chi connectivity index (χ0) is 16.5. The normalized spacial score (nSPS) is 10.9. The lowest BCUT2D eigenvalue weighted by Crippen LogP contribution is -1.95. The molecule has 0 spiro atoms. The van der Waals surface area contributed by atoms with Gasteiger partial charge in [-0.1, -0.05) is 35.9 Å². The van der Waals surface area contributed by atoms with Crippen LogP contribution in [0.15, 0.2) is 54.9 Å². The fourth-order valence-corrected chi connectivity index (χ4v) is 2.91. The molecule has 0 fully saturated rings. The highest BCUT2D eigenvalue weighted by Crippen LogP contribution is 2.31. The van der Waals surface area contributed by atoms with E-state index in [1.807, 2.05) is 60.2 Å². The smallest absolute Gasteiger partial charge is 0.204 e. The van der Waals surface area contributed by atoms with Gasteiger partial charge in [0, 0.05) is 34.2 Å². The number of rotatable bonds is 3. The van der Waals surface area contributed by atoms with E-state index in [9.17, 15) is 0 Å². The van der Waals surface area contributed by atoms with Gasteiger partial charge in [0.25, 0.3) is 0 Å². The molecule has 0 bridgehead atoms. The van der Waals surface area contributed by atoms with Gasteiger partial charge in [0.15, 0.2) is 0 Å². The lowest BCUT2D eigenvalue weighted by atomic mass is 10.0. The fourth-order valence-electron chi connectivity index (χ4n) is 2.62. The van der Waals surface area contributed by atoms with Crippen LogP contribution in [-0.2, 0) is 0 Å². The van der Waals surface area contributed by atoms with Gasteiger partial charge < -0.3 is 4.57 Å². The third kappa shape index (κ3) is 2.57. The average Bonchev–Trinajstić information content (AvgIpc) is 3.27. The van der Waals surface area contributed by atoms with Gasteiger partial charge >= 0.3 is 0 Å². The van der Waals surface area contributed by atoms with E-state index < -0.39 is 0 Å². The molecule has 0 saturated heterocycles. The summed E-state index contributed by atoms with van der Waals surface area (Å²) in [6, 6.07) is 13.9. The summed E-state index contributed by atoms with van der Waals surface area (Å²) in [7, 11) is 0. The number of H-pyrrole nitrogens is 1. The molecule has 1 N–H and O–H groups in total. The third-order valence-corrected chi connectivity index (χ3v) is 4.17. The van der Waals surface area contributed by atoms with E-state index in [1.54, 1.807) is 6.20 Å². The standard InChI is InChI=1S/C17H13ClN6/c1-11-19-8-9-24(11)14-5-2-12(3-6-14)15-7-4-13(10-16(15)18)17-20-22-23-21-17/h2-10H,1H3,(H,20,21,22,23). The lowest BCUT2D eigenvalue weighted by Gasteiger charge is -2.09. The first-order chi connectivity index (χ1) is 11.7. The number of halogens is 1. The molecule has 118 valence electrons. The van der Waals surface area contributed by atoms with Gasteiger partial charge in [-0.2, -0.15) is 5.21 Å². The van der Waals surface area contributed by atoms with Gasteiger partial charge in [-0.25, -0.2) is 4.98 Å². The van der Waals surface area contributed by atoms with Crippen LogP contribution in [0.4, 0.5) is 0 Å². The minimum atomic E-state index is 0.523. The molecule has 4 aromatic rings. The SMILES string of the molecule is Cc1nccn1-c1ccc(-c2ccc(-c3nn[nH]n3)cc2Cl)cc1. The first-order valence-electron chi connectivity index (χ1n) is 7.36. The highest BCUT2D eigenvalue weighted by atomic mass is 35.5. The van der Waals surface area contributed by atoms with Crippen molar-refractivity contribution in [2.75, 3.05) is 0 Å². The second-order valence-corrected chi connectivity index (χ2v) is 5.73. The Kier molecular flexibility index (Phi) is 3.59. The molecule has 0 aliphatic rings. The van der Waals surface area contributed by atoms with Crippen molar-refractivity contribution >= 4 is 11.6 Å². The molecule has 2 aromatic heterocycles. The molecule has 0 saturated carbocycles. The summed E-state index contributed by atoms with van der Waals surface area (Å²) in [5.41, 5.74) is 3.88. The van der Waals surface area contributed by atoms with Crippen LogP contribution in [0.3, 0.4) is 0 Å². The van der Waals surface area contributed by atoms with E-state index in [0.29, 0.717) is 10.8 Å². The molecule has 0 radical (unpaired) electrons. The number of aryl methyl sites for hydroxylation is 1. The van der Waals surface area contributed by atoms with Gasteiger partial charge in [0.2, 0.25) is 5.82 Å². The molecule has 2 aromatic carbocycles. The zero-order valence-electron chi connectivity index (χ0n) is 12.8. The van der Waals surface area contributed by atoms with Gasteiger partial charge in [-0.15, -0.1) is 10.2 Å². The quantitative estimate of drug-likeness (QED) is 0.619. The van der Waals surface area contributed by atoms with Crippen LogP contribution in [0.2, 0.25) is 5.02 Å². The van der Waals surface area contributed by atoms with Crippen LogP contribution in [0.1, 0.15) is 5.82 Å². The van der Waals surface area contributed by atoms with E-state index in [-0.39, 0.29) is 0 Å². The summed E-state index contributed by atoms with van der Waals surface area (Å²) >= 11 is 6.44. The number of hydrogen-bond acceptors (Lipinski definition) is 4. The Morgan fingerprint density at radius 1 is 1.04 bits per heavy atom. The number of aromatic amines is 1. The number of imidazole rings is 1. The molecule has 0 amide bonds. The van der Waals surface area contributed by atoms with Crippen LogP contribution < -0.4 is 0 Å². The first-order valence-corrected chi connectivity index (χ1v) is 7.74. The van der Waals surface area contributed by atoms with E-state index >= 15 is 0 Å². The predicted molar refractivity (Wildman–Crippen MR) is 91.9 cm³/mol. The Morgan fingerprint density at radius 3 is 2.46 bits per heavy atom. The summed E-state index contributed by atoms with van der Waals surface area (Å²) in [5.74, 6) is 1.47. The summed E-state index contributed by atoms with van der Waals surface area (Å²) in [5, 5.41) is 14.6. The van der Waals surface area contributed by atoms with Crippen LogP contribution >= 0.6 is 11.6 Å². The highest BCUT2D eigenvalue weighted by molar-refractivity contribution is 6.33. The van der Waals surface area contributed by atoms with Crippen molar-refractivity contribution in [3.63, 3.8) is 0 Å². The van der Waals surface area contributed by atoms with Crippen molar-refractivity contribution < 1.29 is 0 Å². The van der Waals surface area contributed by atoms with Crippen LogP contribution in [-0.4, -0.2) is 30.2 Å². The third-order valence-electron chi connectivity index (χ3n) is 3.85.